The van der Waals surface area contributed by atoms with Crippen LogP contribution in [0.15, 0.2) is 60.9 Å². The molecule has 0 radical (unpaired) electrons. The van der Waals surface area contributed by atoms with Crippen molar-refractivity contribution in [2.24, 2.45) is 0 Å². The van der Waals surface area contributed by atoms with Crippen LogP contribution in [0.2, 0.25) is 0 Å². The van der Waals surface area contributed by atoms with E-state index in [2.05, 4.69) is 90.1 Å². The van der Waals surface area contributed by atoms with Gasteiger partial charge in [-0.1, -0.05) is 12.1 Å². The van der Waals surface area contributed by atoms with E-state index >= 15 is 0 Å². The third kappa shape index (κ3) is 3.20. The van der Waals surface area contributed by atoms with Gasteiger partial charge < -0.3 is 14.8 Å². The minimum atomic E-state index is 0.0105. The standard InChI is InChI=1S/C23H26N4S/c1-15(2)27-22(21(25-23(27)28)19-8-5-6-12-24-19)20-9-7-13-26(20)18-11-10-16(3)17(4)14-18/h5-15,21-22H,1-4H3,(H,25,28). The lowest BCUT2D eigenvalue weighted by Gasteiger charge is -2.31. The molecule has 144 valence electrons. The van der Waals surface area contributed by atoms with E-state index in [1.807, 2.05) is 18.3 Å². The van der Waals surface area contributed by atoms with Crippen LogP contribution in [-0.2, 0) is 0 Å². The van der Waals surface area contributed by atoms with Gasteiger partial charge in [0.05, 0.1) is 17.8 Å². The van der Waals surface area contributed by atoms with E-state index in [-0.39, 0.29) is 18.1 Å². The molecule has 0 spiro atoms. The summed E-state index contributed by atoms with van der Waals surface area (Å²) in [5, 5.41) is 4.30. The van der Waals surface area contributed by atoms with Crippen LogP contribution >= 0.6 is 12.2 Å². The van der Waals surface area contributed by atoms with Gasteiger partial charge in [-0.3, -0.25) is 4.98 Å². The Morgan fingerprint density at radius 2 is 1.86 bits per heavy atom. The Balaban J connectivity index is 1.84. The van der Waals surface area contributed by atoms with Gasteiger partial charge in [-0.2, -0.15) is 0 Å². The third-order valence-corrected chi connectivity index (χ3v) is 5.87. The summed E-state index contributed by atoms with van der Waals surface area (Å²) >= 11 is 5.72. The van der Waals surface area contributed by atoms with E-state index in [1.54, 1.807) is 0 Å². The van der Waals surface area contributed by atoms with Crippen molar-refractivity contribution in [3.8, 4) is 5.69 Å². The quantitative estimate of drug-likeness (QED) is 0.644. The molecule has 28 heavy (non-hydrogen) atoms. The Labute approximate surface area is 172 Å². The molecule has 2 aromatic heterocycles. The number of nitrogens with zero attached hydrogens (tertiary/aromatic N) is 3. The highest BCUT2D eigenvalue weighted by atomic mass is 32.1. The largest absolute Gasteiger partial charge is 0.352 e. The van der Waals surface area contributed by atoms with Crippen molar-refractivity contribution in [3.05, 3.63) is 83.4 Å². The van der Waals surface area contributed by atoms with Gasteiger partial charge in [0.15, 0.2) is 5.11 Å². The zero-order valence-electron chi connectivity index (χ0n) is 16.8. The highest BCUT2D eigenvalue weighted by Gasteiger charge is 2.42. The summed E-state index contributed by atoms with van der Waals surface area (Å²) in [7, 11) is 0. The molecule has 4 nitrogen and oxygen atoms in total. The molecule has 1 aliphatic rings. The monoisotopic (exact) mass is 390 g/mol. The van der Waals surface area contributed by atoms with Gasteiger partial charge in [0.2, 0.25) is 0 Å². The summed E-state index contributed by atoms with van der Waals surface area (Å²) in [6.45, 7) is 8.67. The lowest BCUT2D eigenvalue weighted by atomic mass is 10.00. The molecule has 0 saturated carbocycles. The Morgan fingerprint density at radius 3 is 2.54 bits per heavy atom. The molecule has 1 N–H and O–H groups in total. The molecule has 3 heterocycles. The second-order valence-electron chi connectivity index (χ2n) is 7.70. The highest BCUT2D eigenvalue weighted by molar-refractivity contribution is 7.80. The Kier molecular flexibility index (Phi) is 4.94. The van der Waals surface area contributed by atoms with Gasteiger partial charge in [-0.05, 0) is 87.4 Å². The van der Waals surface area contributed by atoms with Gasteiger partial charge in [0.25, 0.3) is 0 Å². The van der Waals surface area contributed by atoms with Crippen LogP contribution in [0.5, 0.6) is 0 Å². The molecule has 1 saturated heterocycles. The first kappa shape index (κ1) is 18.7. The second kappa shape index (κ2) is 7.40. The fourth-order valence-electron chi connectivity index (χ4n) is 3.98. The van der Waals surface area contributed by atoms with Crippen molar-refractivity contribution in [3.63, 3.8) is 0 Å². The molecule has 0 aliphatic carbocycles. The van der Waals surface area contributed by atoms with Crippen molar-refractivity contribution in [2.75, 3.05) is 0 Å². The van der Waals surface area contributed by atoms with Gasteiger partial charge >= 0.3 is 0 Å². The number of hydrogen-bond acceptors (Lipinski definition) is 2. The predicted molar refractivity (Wildman–Crippen MR) is 118 cm³/mol. The van der Waals surface area contributed by atoms with Gasteiger partial charge in [0.1, 0.15) is 0 Å². The number of hydrogen-bond donors (Lipinski definition) is 1. The van der Waals surface area contributed by atoms with Crippen LogP contribution < -0.4 is 5.32 Å². The lowest BCUT2D eigenvalue weighted by Crippen LogP contribution is -2.36. The first-order valence-electron chi connectivity index (χ1n) is 9.72. The molecular formula is C23H26N4S. The summed E-state index contributed by atoms with van der Waals surface area (Å²) in [4.78, 5) is 6.91. The first-order valence-corrected chi connectivity index (χ1v) is 10.1. The minimum absolute atomic E-state index is 0.0105. The number of rotatable bonds is 4. The van der Waals surface area contributed by atoms with Crippen LogP contribution in [0.3, 0.4) is 0 Å². The number of aromatic nitrogens is 2. The van der Waals surface area contributed by atoms with Crippen molar-refractivity contribution in [2.45, 2.75) is 45.8 Å². The summed E-state index contributed by atoms with van der Waals surface area (Å²) in [6.07, 6.45) is 3.98. The normalized spacial score (nSPS) is 19.3. The van der Waals surface area contributed by atoms with E-state index in [4.69, 9.17) is 12.2 Å². The zero-order chi connectivity index (χ0) is 19.8. The molecule has 1 aromatic carbocycles. The summed E-state index contributed by atoms with van der Waals surface area (Å²) in [5.41, 5.74) is 5.98. The maximum atomic E-state index is 5.72. The van der Waals surface area contributed by atoms with Gasteiger partial charge in [0, 0.05) is 29.8 Å². The molecule has 0 bridgehead atoms. The molecule has 1 aliphatic heterocycles. The second-order valence-corrected chi connectivity index (χ2v) is 8.09. The maximum absolute atomic E-state index is 5.72. The Morgan fingerprint density at radius 1 is 1.04 bits per heavy atom. The molecule has 5 heteroatoms. The van der Waals surface area contributed by atoms with Crippen molar-refractivity contribution < 1.29 is 0 Å². The molecule has 0 amide bonds. The van der Waals surface area contributed by atoms with Crippen LogP contribution in [0, 0.1) is 13.8 Å². The van der Waals surface area contributed by atoms with Gasteiger partial charge in [-0.25, -0.2) is 0 Å². The molecular weight excluding hydrogens is 364 g/mol. The maximum Gasteiger partial charge on any atom is 0.170 e. The number of thiocarbonyl (C=S) groups is 1. The topological polar surface area (TPSA) is 33.1 Å². The molecule has 2 atom stereocenters. The zero-order valence-corrected chi connectivity index (χ0v) is 17.6. The number of nitrogens with one attached hydrogen (secondary N) is 1. The molecule has 2 unspecified atom stereocenters. The average Bonchev–Trinajstić information content (AvgIpc) is 3.28. The number of aryl methyl sites for hydroxylation is 2. The molecule has 3 aromatic rings. The SMILES string of the molecule is Cc1ccc(-n2cccc2C2C(c3ccccn3)NC(=S)N2C(C)C)cc1C. The highest BCUT2D eigenvalue weighted by Crippen LogP contribution is 2.40. The van der Waals surface area contributed by atoms with Crippen LogP contribution in [0.1, 0.15) is 48.4 Å². The third-order valence-electron chi connectivity index (χ3n) is 5.54. The summed E-state index contributed by atoms with van der Waals surface area (Å²) in [6, 6.07) is 17.3. The van der Waals surface area contributed by atoms with E-state index in [9.17, 15) is 0 Å². The molecule has 1 fully saturated rings. The summed E-state index contributed by atoms with van der Waals surface area (Å²) in [5.74, 6) is 0. The fraction of sp³-hybridized carbons (Fsp3) is 0.304. The predicted octanol–water partition coefficient (Wildman–Crippen LogP) is 4.87. The van der Waals surface area contributed by atoms with Crippen molar-refractivity contribution >= 4 is 17.3 Å². The lowest BCUT2D eigenvalue weighted by molar-refractivity contribution is 0.262. The smallest absolute Gasteiger partial charge is 0.170 e. The Bertz CT molecular complexity index is 993. The number of pyridine rings is 1. The van der Waals surface area contributed by atoms with E-state index in [0.29, 0.717) is 0 Å². The van der Waals surface area contributed by atoms with E-state index < -0.39 is 0 Å². The van der Waals surface area contributed by atoms with Gasteiger partial charge in [-0.15, -0.1) is 0 Å². The average molecular weight is 391 g/mol. The fourth-order valence-corrected chi connectivity index (χ4v) is 4.44. The van der Waals surface area contributed by atoms with Crippen LogP contribution in [0.4, 0.5) is 0 Å². The number of benzene rings is 1. The summed E-state index contributed by atoms with van der Waals surface area (Å²) < 4.78 is 2.28. The Hall–Kier alpha value is -2.66. The van der Waals surface area contributed by atoms with E-state index in [1.165, 1.54) is 22.5 Å². The van der Waals surface area contributed by atoms with Crippen LogP contribution in [0.25, 0.3) is 5.69 Å². The van der Waals surface area contributed by atoms with Crippen LogP contribution in [-0.4, -0.2) is 25.6 Å². The van der Waals surface area contributed by atoms with Crippen molar-refractivity contribution in [1.29, 1.82) is 0 Å². The molecule has 4 rings (SSSR count). The van der Waals surface area contributed by atoms with E-state index in [0.717, 1.165) is 10.8 Å². The van der Waals surface area contributed by atoms with Crippen molar-refractivity contribution in [1.82, 2.24) is 19.8 Å². The first-order chi connectivity index (χ1) is 13.5. The minimum Gasteiger partial charge on any atom is -0.352 e.